The fourth-order valence-electron chi connectivity index (χ4n) is 1.55. The molecule has 3 nitrogen and oxygen atoms in total. The summed E-state index contributed by atoms with van der Waals surface area (Å²) in [7, 11) is -3.76. The second kappa shape index (κ2) is 5.60. The lowest BCUT2D eigenvalue weighted by Crippen LogP contribution is -2.34. The Hall–Kier alpha value is -0.940. The van der Waals surface area contributed by atoms with Crippen LogP contribution in [0, 0.1) is 12.7 Å². The first-order valence-corrected chi connectivity index (χ1v) is 7.17. The van der Waals surface area contributed by atoms with Gasteiger partial charge in [0, 0.05) is 6.04 Å². The lowest BCUT2D eigenvalue weighted by molar-refractivity contribution is 0.520. The average molecular weight is 259 g/mol. The van der Waals surface area contributed by atoms with E-state index in [0.29, 0.717) is 12.8 Å². The summed E-state index contributed by atoms with van der Waals surface area (Å²) in [5, 5.41) is 0. The maximum Gasteiger partial charge on any atom is 0.243 e. The normalized spacial score (nSPS) is 12.1. The van der Waals surface area contributed by atoms with Gasteiger partial charge < -0.3 is 0 Å². The van der Waals surface area contributed by atoms with Crippen LogP contribution in [0.2, 0.25) is 0 Å². The van der Waals surface area contributed by atoms with Crippen LogP contribution in [0.4, 0.5) is 4.39 Å². The highest BCUT2D eigenvalue weighted by molar-refractivity contribution is 7.89. The van der Waals surface area contributed by atoms with Crippen molar-refractivity contribution in [2.75, 3.05) is 0 Å². The van der Waals surface area contributed by atoms with E-state index < -0.39 is 15.8 Å². The van der Waals surface area contributed by atoms with E-state index in [4.69, 9.17) is 0 Å². The Morgan fingerprint density at radius 2 is 1.88 bits per heavy atom. The van der Waals surface area contributed by atoms with Crippen LogP contribution in [-0.2, 0) is 10.0 Å². The monoisotopic (exact) mass is 259 g/mol. The zero-order chi connectivity index (χ0) is 13.1. The minimum absolute atomic E-state index is 0.153. The molecule has 0 saturated carbocycles. The molecule has 0 bridgehead atoms. The van der Waals surface area contributed by atoms with Crippen molar-refractivity contribution in [3.8, 4) is 0 Å². The molecule has 0 aliphatic heterocycles. The van der Waals surface area contributed by atoms with Crippen molar-refractivity contribution in [2.45, 2.75) is 44.6 Å². The van der Waals surface area contributed by atoms with Crippen LogP contribution in [-0.4, -0.2) is 14.5 Å². The number of hydrogen-bond donors (Lipinski definition) is 1. The number of hydrogen-bond acceptors (Lipinski definition) is 2. The van der Waals surface area contributed by atoms with Gasteiger partial charge in [0.15, 0.2) is 0 Å². The topological polar surface area (TPSA) is 46.2 Å². The molecular weight excluding hydrogens is 241 g/mol. The van der Waals surface area contributed by atoms with Crippen LogP contribution in [0.5, 0.6) is 0 Å². The third kappa shape index (κ3) is 3.51. The molecule has 0 fully saturated rings. The number of halogens is 1. The predicted molar refractivity (Wildman–Crippen MR) is 65.8 cm³/mol. The molecule has 0 radical (unpaired) electrons. The molecule has 5 heteroatoms. The summed E-state index contributed by atoms with van der Waals surface area (Å²) in [4.78, 5) is -0.274. The molecule has 1 aromatic rings. The lowest BCUT2D eigenvalue weighted by Gasteiger charge is -2.15. The predicted octanol–water partition coefficient (Wildman–Crippen LogP) is 2.60. The highest BCUT2D eigenvalue weighted by atomic mass is 32.2. The maximum atomic E-state index is 13.5. The molecule has 0 atom stereocenters. The van der Waals surface area contributed by atoms with E-state index in [1.165, 1.54) is 12.1 Å². The highest BCUT2D eigenvalue weighted by Crippen LogP contribution is 2.17. The fourth-order valence-corrected chi connectivity index (χ4v) is 3.12. The van der Waals surface area contributed by atoms with Crippen molar-refractivity contribution in [1.82, 2.24) is 4.72 Å². The summed E-state index contributed by atoms with van der Waals surface area (Å²) in [5.41, 5.74) is 0.719. The van der Waals surface area contributed by atoms with Gasteiger partial charge >= 0.3 is 0 Å². The van der Waals surface area contributed by atoms with E-state index in [9.17, 15) is 12.8 Å². The fraction of sp³-hybridized carbons (Fsp3) is 0.500. The Balaban J connectivity index is 3.09. The quantitative estimate of drug-likeness (QED) is 0.883. The van der Waals surface area contributed by atoms with Gasteiger partial charge in [-0.1, -0.05) is 19.9 Å². The van der Waals surface area contributed by atoms with Gasteiger partial charge in [0.05, 0.1) is 0 Å². The SMILES string of the molecule is CCC(CC)NS(=O)(=O)c1cc(C)ccc1F. The molecule has 0 aromatic heterocycles. The van der Waals surface area contributed by atoms with E-state index in [0.717, 1.165) is 5.56 Å². The first kappa shape index (κ1) is 14.1. The second-order valence-corrected chi connectivity index (χ2v) is 5.75. The number of benzene rings is 1. The van der Waals surface area contributed by atoms with E-state index in [1.54, 1.807) is 13.0 Å². The zero-order valence-corrected chi connectivity index (χ0v) is 11.1. The highest BCUT2D eigenvalue weighted by Gasteiger charge is 2.21. The van der Waals surface area contributed by atoms with Gasteiger partial charge in [0.25, 0.3) is 0 Å². The second-order valence-electron chi connectivity index (χ2n) is 4.07. The summed E-state index contributed by atoms with van der Waals surface area (Å²) >= 11 is 0. The van der Waals surface area contributed by atoms with E-state index in [1.807, 2.05) is 13.8 Å². The summed E-state index contributed by atoms with van der Waals surface area (Å²) in [5.74, 6) is -0.714. The Kier molecular flexibility index (Phi) is 4.65. The first-order chi connectivity index (χ1) is 7.90. The number of nitrogens with one attached hydrogen (secondary N) is 1. The zero-order valence-electron chi connectivity index (χ0n) is 10.3. The minimum atomic E-state index is -3.76. The summed E-state index contributed by atoms with van der Waals surface area (Å²) in [6.07, 6.45) is 1.37. The molecule has 17 heavy (non-hydrogen) atoms. The Bertz CT molecular complexity index is 481. The lowest BCUT2D eigenvalue weighted by atomic mass is 10.2. The summed E-state index contributed by atoms with van der Waals surface area (Å²) < 4.78 is 40.0. The molecule has 0 spiro atoms. The molecule has 0 unspecified atom stereocenters. The number of rotatable bonds is 5. The molecule has 96 valence electrons. The standard InChI is InChI=1S/C12H18FNO2S/c1-4-10(5-2)14-17(15,16)12-8-9(3)6-7-11(12)13/h6-8,10,14H,4-5H2,1-3H3. The van der Waals surface area contributed by atoms with Gasteiger partial charge in [-0.3, -0.25) is 0 Å². The van der Waals surface area contributed by atoms with E-state index >= 15 is 0 Å². The van der Waals surface area contributed by atoms with Crippen LogP contribution in [0.1, 0.15) is 32.3 Å². The smallest absolute Gasteiger partial charge is 0.208 e. The van der Waals surface area contributed by atoms with Gasteiger partial charge in [-0.2, -0.15) is 0 Å². The number of aryl methyl sites for hydroxylation is 1. The molecule has 1 aromatic carbocycles. The average Bonchev–Trinajstić information content (AvgIpc) is 2.29. The van der Waals surface area contributed by atoms with Crippen LogP contribution in [0.25, 0.3) is 0 Å². The summed E-state index contributed by atoms with van der Waals surface area (Å²) in [6, 6.07) is 3.92. The van der Waals surface area contributed by atoms with E-state index in [-0.39, 0.29) is 10.9 Å². The summed E-state index contributed by atoms with van der Waals surface area (Å²) in [6.45, 7) is 5.52. The van der Waals surface area contributed by atoms with Crippen LogP contribution >= 0.6 is 0 Å². The van der Waals surface area contributed by atoms with Crippen LogP contribution in [0.15, 0.2) is 23.1 Å². The molecule has 0 aliphatic rings. The largest absolute Gasteiger partial charge is 0.243 e. The van der Waals surface area contributed by atoms with Gasteiger partial charge in [0.2, 0.25) is 10.0 Å². The minimum Gasteiger partial charge on any atom is -0.208 e. The van der Waals surface area contributed by atoms with Gasteiger partial charge in [-0.05, 0) is 37.5 Å². The molecular formula is C12H18FNO2S. The maximum absolute atomic E-state index is 13.5. The van der Waals surface area contributed by atoms with Gasteiger partial charge in [-0.25, -0.2) is 17.5 Å². The Morgan fingerprint density at radius 3 is 2.41 bits per heavy atom. The van der Waals surface area contributed by atoms with Crippen molar-refractivity contribution < 1.29 is 12.8 Å². The molecule has 0 amide bonds. The first-order valence-electron chi connectivity index (χ1n) is 5.69. The van der Waals surface area contributed by atoms with Gasteiger partial charge in [-0.15, -0.1) is 0 Å². The van der Waals surface area contributed by atoms with E-state index in [2.05, 4.69) is 4.72 Å². The Morgan fingerprint density at radius 1 is 1.29 bits per heavy atom. The third-order valence-electron chi connectivity index (χ3n) is 2.68. The van der Waals surface area contributed by atoms with Crippen molar-refractivity contribution in [1.29, 1.82) is 0 Å². The molecule has 1 N–H and O–H groups in total. The number of sulfonamides is 1. The van der Waals surface area contributed by atoms with Crippen molar-refractivity contribution >= 4 is 10.0 Å². The third-order valence-corrected chi connectivity index (χ3v) is 4.22. The molecule has 1 rings (SSSR count). The molecule has 0 heterocycles. The van der Waals surface area contributed by atoms with Crippen molar-refractivity contribution in [2.24, 2.45) is 0 Å². The van der Waals surface area contributed by atoms with Crippen LogP contribution in [0.3, 0.4) is 0 Å². The van der Waals surface area contributed by atoms with Crippen molar-refractivity contribution in [3.05, 3.63) is 29.6 Å². The Labute approximate surface area is 102 Å². The molecule has 0 aliphatic carbocycles. The van der Waals surface area contributed by atoms with Gasteiger partial charge in [0.1, 0.15) is 10.7 Å². The van der Waals surface area contributed by atoms with Crippen molar-refractivity contribution in [3.63, 3.8) is 0 Å². The molecule has 0 saturated heterocycles. The van der Waals surface area contributed by atoms with Crippen LogP contribution < -0.4 is 4.72 Å².